The monoisotopic (exact) mass is 404 g/mol. The van der Waals surface area contributed by atoms with Gasteiger partial charge in [0.05, 0.1) is 0 Å². The molecule has 1 amide bonds. The maximum Gasteiger partial charge on any atom is 0.255 e. The normalized spacial score (nSPS) is 10.6. The average Bonchev–Trinajstić information content (AvgIpc) is 3.24. The minimum Gasteiger partial charge on any atom is -0.340 e. The summed E-state index contributed by atoms with van der Waals surface area (Å²) >= 11 is 5.86. The Morgan fingerprint density at radius 2 is 1.72 bits per heavy atom. The molecule has 0 aliphatic heterocycles. The Morgan fingerprint density at radius 1 is 1.00 bits per heavy atom. The number of anilines is 3. The number of carbonyl (C=O) groups is 1. The van der Waals surface area contributed by atoms with Crippen molar-refractivity contribution in [1.29, 1.82) is 0 Å². The Kier molecular flexibility index (Phi) is 5.22. The number of hydrogen-bond acceptors (Lipinski definition) is 5. The third-order valence-electron chi connectivity index (χ3n) is 4.11. The van der Waals surface area contributed by atoms with Crippen molar-refractivity contribution in [3.63, 3.8) is 0 Å². The lowest BCUT2D eigenvalue weighted by atomic mass is 10.2. The molecule has 2 aromatic carbocycles. The van der Waals surface area contributed by atoms with Crippen LogP contribution in [0.1, 0.15) is 16.2 Å². The number of benzene rings is 2. The molecule has 0 unspecified atom stereocenters. The van der Waals surface area contributed by atoms with E-state index in [0.717, 1.165) is 11.5 Å². The van der Waals surface area contributed by atoms with Gasteiger partial charge in [-0.15, -0.1) is 0 Å². The van der Waals surface area contributed by atoms with Crippen molar-refractivity contribution in [2.45, 2.75) is 6.92 Å². The fourth-order valence-corrected chi connectivity index (χ4v) is 2.86. The lowest BCUT2D eigenvalue weighted by molar-refractivity contribution is 0.102. The van der Waals surface area contributed by atoms with Gasteiger partial charge >= 0.3 is 0 Å². The Hall–Kier alpha value is -3.71. The second-order valence-electron chi connectivity index (χ2n) is 6.29. The summed E-state index contributed by atoms with van der Waals surface area (Å²) in [6.07, 6.45) is 5.20. The summed E-state index contributed by atoms with van der Waals surface area (Å²) in [6.45, 7) is 1.83. The van der Waals surface area contributed by atoms with E-state index in [9.17, 15) is 4.79 Å². The molecular formula is C21H17ClN6O. The van der Waals surface area contributed by atoms with Crippen molar-refractivity contribution in [2.75, 3.05) is 10.6 Å². The molecular weight excluding hydrogens is 388 g/mol. The highest BCUT2D eigenvalue weighted by molar-refractivity contribution is 6.30. The number of imidazole rings is 1. The van der Waals surface area contributed by atoms with Crippen molar-refractivity contribution in [3.05, 3.63) is 89.7 Å². The van der Waals surface area contributed by atoms with Gasteiger partial charge in [0.25, 0.3) is 5.91 Å². The summed E-state index contributed by atoms with van der Waals surface area (Å²) in [5.41, 5.74) is 2.07. The van der Waals surface area contributed by atoms with Crippen molar-refractivity contribution >= 4 is 34.7 Å². The fourth-order valence-electron chi connectivity index (χ4n) is 2.73. The standard InChI is InChI=1S/C21H17ClN6O/c1-14-24-19(12-20(25-14)28-11-10-23-13-28)26-17-6-8-18(9-7-17)27-21(29)15-2-4-16(22)5-3-15/h2-13H,1H3,(H,27,29)(H,24,25,26). The van der Waals surface area contributed by atoms with Crippen LogP contribution < -0.4 is 10.6 Å². The van der Waals surface area contributed by atoms with E-state index in [1.165, 1.54) is 0 Å². The number of nitrogens with one attached hydrogen (secondary N) is 2. The number of aryl methyl sites for hydroxylation is 1. The molecule has 0 spiro atoms. The highest BCUT2D eigenvalue weighted by Gasteiger charge is 2.07. The van der Waals surface area contributed by atoms with Gasteiger partial charge in [0.2, 0.25) is 0 Å². The van der Waals surface area contributed by atoms with E-state index < -0.39 is 0 Å². The molecule has 0 aliphatic rings. The molecule has 4 rings (SSSR count). The topological polar surface area (TPSA) is 84.7 Å². The van der Waals surface area contributed by atoms with Gasteiger partial charge < -0.3 is 10.6 Å². The molecule has 2 heterocycles. The molecule has 0 saturated carbocycles. The number of halogens is 1. The molecule has 0 atom stereocenters. The minimum atomic E-state index is -0.196. The molecule has 2 N–H and O–H groups in total. The van der Waals surface area contributed by atoms with Gasteiger partial charge in [0, 0.05) is 40.4 Å². The average molecular weight is 405 g/mol. The van der Waals surface area contributed by atoms with Crippen LogP contribution in [0.5, 0.6) is 0 Å². The SMILES string of the molecule is Cc1nc(Nc2ccc(NC(=O)c3ccc(Cl)cc3)cc2)cc(-n2ccnc2)n1. The van der Waals surface area contributed by atoms with Crippen LogP contribution >= 0.6 is 11.6 Å². The van der Waals surface area contributed by atoms with E-state index in [4.69, 9.17) is 11.6 Å². The molecule has 2 aromatic heterocycles. The van der Waals surface area contributed by atoms with E-state index in [1.54, 1.807) is 36.8 Å². The maximum atomic E-state index is 12.3. The number of carbonyl (C=O) groups excluding carboxylic acids is 1. The van der Waals surface area contributed by atoms with Gasteiger partial charge in [-0.25, -0.2) is 15.0 Å². The molecule has 29 heavy (non-hydrogen) atoms. The van der Waals surface area contributed by atoms with Gasteiger partial charge in [-0.1, -0.05) is 11.6 Å². The maximum absolute atomic E-state index is 12.3. The van der Waals surface area contributed by atoms with Gasteiger partial charge in [0.15, 0.2) is 0 Å². The zero-order valence-electron chi connectivity index (χ0n) is 15.5. The summed E-state index contributed by atoms with van der Waals surface area (Å²) in [7, 11) is 0. The highest BCUT2D eigenvalue weighted by Crippen LogP contribution is 2.20. The van der Waals surface area contributed by atoms with Crippen LogP contribution in [-0.4, -0.2) is 25.4 Å². The lowest BCUT2D eigenvalue weighted by Crippen LogP contribution is -2.11. The fraction of sp³-hybridized carbons (Fsp3) is 0.0476. The molecule has 0 fully saturated rings. The van der Waals surface area contributed by atoms with E-state index in [1.807, 2.05) is 48.0 Å². The summed E-state index contributed by atoms with van der Waals surface area (Å²) in [5.74, 6) is 1.84. The Balaban J connectivity index is 1.46. The van der Waals surface area contributed by atoms with Crippen LogP contribution in [-0.2, 0) is 0 Å². The van der Waals surface area contributed by atoms with Gasteiger partial charge in [-0.05, 0) is 55.5 Å². The van der Waals surface area contributed by atoms with E-state index in [0.29, 0.717) is 27.9 Å². The quantitative estimate of drug-likeness (QED) is 0.507. The Labute approximate surface area is 172 Å². The first-order valence-corrected chi connectivity index (χ1v) is 9.23. The van der Waals surface area contributed by atoms with Crippen molar-refractivity contribution in [1.82, 2.24) is 19.5 Å². The predicted molar refractivity (Wildman–Crippen MR) is 113 cm³/mol. The highest BCUT2D eigenvalue weighted by atomic mass is 35.5. The third-order valence-corrected chi connectivity index (χ3v) is 4.37. The summed E-state index contributed by atoms with van der Waals surface area (Å²) < 4.78 is 1.81. The van der Waals surface area contributed by atoms with Crippen LogP contribution in [0.2, 0.25) is 5.02 Å². The first-order valence-electron chi connectivity index (χ1n) is 8.85. The summed E-state index contributed by atoms with van der Waals surface area (Å²) in [4.78, 5) is 25.2. The van der Waals surface area contributed by atoms with Crippen molar-refractivity contribution < 1.29 is 4.79 Å². The molecule has 0 saturated heterocycles. The van der Waals surface area contributed by atoms with Gasteiger partial charge in [-0.3, -0.25) is 9.36 Å². The summed E-state index contributed by atoms with van der Waals surface area (Å²) in [5, 5.41) is 6.70. The van der Waals surface area contributed by atoms with Crippen LogP contribution in [0.4, 0.5) is 17.2 Å². The van der Waals surface area contributed by atoms with Crippen LogP contribution in [0.3, 0.4) is 0 Å². The summed E-state index contributed by atoms with van der Waals surface area (Å²) in [6, 6.07) is 16.0. The smallest absolute Gasteiger partial charge is 0.255 e. The molecule has 7 nitrogen and oxygen atoms in total. The molecule has 0 aliphatic carbocycles. The zero-order chi connectivity index (χ0) is 20.2. The number of amides is 1. The molecule has 4 aromatic rings. The van der Waals surface area contributed by atoms with E-state index in [2.05, 4.69) is 25.6 Å². The van der Waals surface area contributed by atoms with E-state index in [-0.39, 0.29) is 5.91 Å². The third kappa shape index (κ3) is 4.59. The first kappa shape index (κ1) is 18.6. The van der Waals surface area contributed by atoms with E-state index >= 15 is 0 Å². The zero-order valence-corrected chi connectivity index (χ0v) is 16.3. The molecule has 8 heteroatoms. The minimum absolute atomic E-state index is 0.196. The Morgan fingerprint density at radius 3 is 2.41 bits per heavy atom. The van der Waals surface area contributed by atoms with Gasteiger partial charge in [-0.2, -0.15) is 0 Å². The van der Waals surface area contributed by atoms with Crippen molar-refractivity contribution in [3.8, 4) is 5.82 Å². The lowest BCUT2D eigenvalue weighted by Gasteiger charge is -2.10. The van der Waals surface area contributed by atoms with Crippen molar-refractivity contribution in [2.24, 2.45) is 0 Å². The molecule has 0 radical (unpaired) electrons. The number of rotatable bonds is 5. The predicted octanol–water partition coefficient (Wildman–Crippen LogP) is 4.62. The van der Waals surface area contributed by atoms with Gasteiger partial charge in [0.1, 0.15) is 23.8 Å². The van der Waals surface area contributed by atoms with Crippen LogP contribution in [0, 0.1) is 6.92 Å². The van der Waals surface area contributed by atoms with Crippen LogP contribution in [0.15, 0.2) is 73.3 Å². The second-order valence-corrected chi connectivity index (χ2v) is 6.73. The number of nitrogens with zero attached hydrogens (tertiary/aromatic N) is 4. The first-order chi connectivity index (χ1) is 14.1. The largest absolute Gasteiger partial charge is 0.340 e. The molecule has 0 bridgehead atoms. The Bertz CT molecular complexity index is 1130. The molecule has 144 valence electrons. The number of aromatic nitrogens is 4. The second kappa shape index (κ2) is 8.12. The van der Waals surface area contributed by atoms with Crippen LogP contribution in [0.25, 0.3) is 5.82 Å². The number of hydrogen-bond donors (Lipinski definition) is 2.